The molecule has 1 heterocycles. The molecule has 0 saturated heterocycles. The molecule has 0 fully saturated rings. The van der Waals surface area contributed by atoms with Crippen LogP contribution in [0.15, 0.2) is 53.5 Å². The first-order valence-electron chi connectivity index (χ1n) is 10.6. The molecule has 1 aromatic heterocycles. The number of amides is 1. The highest BCUT2D eigenvalue weighted by Gasteiger charge is 2.14. The molecule has 9 heteroatoms. The van der Waals surface area contributed by atoms with E-state index in [2.05, 4.69) is 17.1 Å². The number of thiazole rings is 1. The number of esters is 2. The molecule has 7 nitrogen and oxygen atoms in total. The van der Waals surface area contributed by atoms with Crippen LogP contribution < -0.4 is 4.80 Å². The predicted octanol–water partition coefficient (Wildman–Crippen LogP) is 4.19. The molecule has 0 N–H and O–H groups in total. The van der Waals surface area contributed by atoms with Crippen LogP contribution in [0.1, 0.15) is 35.7 Å². The molecule has 3 aromatic rings. The van der Waals surface area contributed by atoms with E-state index in [-0.39, 0.29) is 19.1 Å². The van der Waals surface area contributed by atoms with Gasteiger partial charge in [0.1, 0.15) is 6.54 Å². The number of nitrogens with zero attached hydrogens (tertiary/aromatic N) is 2. The summed E-state index contributed by atoms with van der Waals surface area (Å²) < 4.78 is 12.2. The maximum absolute atomic E-state index is 12.5. The van der Waals surface area contributed by atoms with Crippen molar-refractivity contribution >= 4 is 51.2 Å². The Morgan fingerprint density at radius 3 is 2.64 bits per heavy atom. The van der Waals surface area contributed by atoms with Crippen molar-refractivity contribution in [2.45, 2.75) is 32.1 Å². The van der Waals surface area contributed by atoms with Gasteiger partial charge in [-0.1, -0.05) is 41.7 Å². The zero-order valence-corrected chi connectivity index (χ0v) is 20.2. The minimum Gasteiger partial charge on any atom is -0.465 e. The van der Waals surface area contributed by atoms with Gasteiger partial charge in [-0.25, -0.2) is 4.79 Å². The SMILES string of the molecule is CCOC(=O)Cn1c(=NC(=O)CCCSCc2ccccc2)sc2cc(C(=O)OC)ccc21. The van der Waals surface area contributed by atoms with Gasteiger partial charge in [0, 0.05) is 12.2 Å². The molecule has 0 aliphatic heterocycles. The molecule has 174 valence electrons. The average Bonchev–Trinajstić information content (AvgIpc) is 3.14. The number of aromatic nitrogens is 1. The van der Waals surface area contributed by atoms with Gasteiger partial charge in [-0.05, 0) is 42.9 Å². The van der Waals surface area contributed by atoms with E-state index >= 15 is 0 Å². The first-order chi connectivity index (χ1) is 16.0. The topological polar surface area (TPSA) is 87.0 Å². The minimum atomic E-state index is -0.454. The van der Waals surface area contributed by atoms with Gasteiger partial charge in [0.05, 0.1) is 29.5 Å². The van der Waals surface area contributed by atoms with Crippen molar-refractivity contribution in [3.05, 3.63) is 64.5 Å². The lowest BCUT2D eigenvalue weighted by Gasteiger charge is -2.05. The Morgan fingerprint density at radius 2 is 1.91 bits per heavy atom. The molecule has 0 aliphatic carbocycles. The number of methoxy groups -OCH3 is 1. The summed E-state index contributed by atoms with van der Waals surface area (Å²) in [6.07, 6.45) is 1.04. The van der Waals surface area contributed by atoms with Crippen LogP contribution in [0.25, 0.3) is 10.2 Å². The summed E-state index contributed by atoms with van der Waals surface area (Å²) in [6, 6.07) is 15.2. The Bertz CT molecular complexity index is 1180. The molecule has 0 atom stereocenters. The Hall–Kier alpha value is -2.91. The summed E-state index contributed by atoms with van der Waals surface area (Å²) in [7, 11) is 1.32. The molecule has 33 heavy (non-hydrogen) atoms. The summed E-state index contributed by atoms with van der Waals surface area (Å²) in [5.74, 6) is 0.649. The predicted molar refractivity (Wildman–Crippen MR) is 130 cm³/mol. The van der Waals surface area contributed by atoms with E-state index in [1.165, 1.54) is 24.0 Å². The second kappa shape index (κ2) is 12.4. The largest absolute Gasteiger partial charge is 0.465 e. The van der Waals surface area contributed by atoms with E-state index in [4.69, 9.17) is 9.47 Å². The summed E-state index contributed by atoms with van der Waals surface area (Å²) >= 11 is 3.03. The van der Waals surface area contributed by atoms with Crippen molar-refractivity contribution in [3.63, 3.8) is 0 Å². The number of ether oxygens (including phenoxy) is 2. The fourth-order valence-electron chi connectivity index (χ4n) is 3.14. The molecule has 0 bridgehead atoms. The normalized spacial score (nSPS) is 11.5. The van der Waals surface area contributed by atoms with E-state index in [1.54, 1.807) is 41.5 Å². The van der Waals surface area contributed by atoms with Crippen LogP contribution >= 0.6 is 23.1 Å². The van der Waals surface area contributed by atoms with Gasteiger partial charge in [0.2, 0.25) is 5.91 Å². The number of carbonyl (C=O) groups is 3. The van der Waals surface area contributed by atoms with Gasteiger partial charge < -0.3 is 14.0 Å². The Balaban J connectivity index is 1.73. The lowest BCUT2D eigenvalue weighted by molar-refractivity contribution is -0.143. The quantitative estimate of drug-likeness (QED) is 0.315. The number of thioether (sulfide) groups is 1. The monoisotopic (exact) mass is 486 g/mol. The molecule has 1 amide bonds. The molecule has 2 aromatic carbocycles. The second-order valence-electron chi connectivity index (χ2n) is 7.10. The smallest absolute Gasteiger partial charge is 0.337 e. The average molecular weight is 487 g/mol. The zero-order chi connectivity index (χ0) is 23.6. The van der Waals surface area contributed by atoms with Gasteiger partial charge in [0.15, 0.2) is 4.80 Å². The highest BCUT2D eigenvalue weighted by molar-refractivity contribution is 7.98. The Labute approximate surface area is 200 Å². The number of carbonyl (C=O) groups excluding carboxylic acids is 3. The van der Waals surface area contributed by atoms with Gasteiger partial charge in [-0.2, -0.15) is 16.8 Å². The van der Waals surface area contributed by atoms with Crippen molar-refractivity contribution in [3.8, 4) is 0 Å². The standard InChI is InChI=1S/C24H26N2O5S2/c1-3-31-22(28)15-26-19-12-11-18(23(29)30-2)14-20(19)33-24(26)25-21(27)10-7-13-32-16-17-8-5-4-6-9-17/h4-6,8-9,11-12,14H,3,7,10,13,15-16H2,1-2H3. The van der Waals surface area contributed by atoms with Gasteiger partial charge >= 0.3 is 11.9 Å². The number of hydrogen-bond acceptors (Lipinski definition) is 7. The summed E-state index contributed by atoms with van der Waals surface area (Å²) in [6.45, 7) is 1.94. The van der Waals surface area contributed by atoms with Crippen LogP contribution in [0.3, 0.4) is 0 Å². The highest BCUT2D eigenvalue weighted by atomic mass is 32.2. The van der Waals surface area contributed by atoms with Crippen molar-refractivity contribution in [2.24, 2.45) is 4.99 Å². The Morgan fingerprint density at radius 1 is 1.12 bits per heavy atom. The lowest BCUT2D eigenvalue weighted by Crippen LogP contribution is -2.23. The van der Waals surface area contributed by atoms with Crippen LogP contribution in [0.5, 0.6) is 0 Å². The van der Waals surface area contributed by atoms with Crippen LogP contribution in [-0.4, -0.2) is 41.9 Å². The van der Waals surface area contributed by atoms with Crippen LogP contribution in [0.2, 0.25) is 0 Å². The summed E-state index contributed by atoms with van der Waals surface area (Å²) in [5.41, 5.74) is 2.35. The van der Waals surface area contributed by atoms with Crippen LogP contribution in [0.4, 0.5) is 0 Å². The second-order valence-corrected chi connectivity index (χ2v) is 9.21. The minimum absolute atomic E-state index is 0.0650. The van der Waals surface area contributed by atoms with Gasteiger partial charge in [-0.3, -0.25) is 9.59 Å². The van der Waals surface area contributed by atoms with Gasteiger partial charge in [-0.15, -0.1) is 0 Å². The maximum Gasteiger partial charge on any atom is 0.337 e. The number of rotatable bonds is 10. The van der Waals surface area contributed by atoms with E-state index in [1.807, 2.05) is 18.2 Å². The molecule has 0 unspecified atom stereocenters. The maximum atomic E-state index is 12.5. The van der Waals surface area contributed by atoms with E-state index < -0.39 is 11.9 Å². The fourth-order valence-corrected chi connectivity index (χ4v) is 5.15. The first-order valence-corrected chi connectivity index (χ1v) is 12.6. The van der Waals surface area contributed by atoms with E-state index in [0.717, 1.165) is 22.6 Å². The molecule has 0 spiro atoms. The van der Waals surface area contributed by atoms with E-state index in [9.17, 15) is 14.4 Å². The van der Waals surface area contributed by atoms with Crippen molar-refractivity contribution < 1.29 is 23.9 Å². The number of hydrogen-bond donors (Lipinski definition) is 0. The van der Waals surface area contributed by atoms with Crippen molar-refractivity contribution in [1.29, 1.82) is 0 Å². The third kappa shape index (κ3) is 7.03. The van der Waals surface area contributed by atoms with Crippen LogP contribution in [0, 0.1) is 0 Å². The third-order valence-corrected chi connectivity index (χ3v) is 6.86. The third-order valence-electron chi connectivity index (χ3n) is 4.71. The summed E-state index contributed by atoms with van der Waals surface area (Å²) in [4.78, 5) is 41.2. The van der Waals surface area contributed by atoms with Crippen molar-refractivity contribution in [2.75, 3.05) is 19.5 Å². The zero-order valence-electron chi connectivity index (χ0n) is 18.6. The molecule has 0 saturated carbocycles. The fraction of sp³-hybridized carbons (Fsp3) is 0.333. The molecule has 0 radical (unpaired) electrons. The van der Waals surface area contributed by atoms with Crippen LogP contribution in [-0.2, 0) is 31.4 Å². The molecular weight excluding hydrogens is 460 g/mol. The number of fused-ring (bicyclic) bond motifs is 1. The number of benzene rings is 2. The molecule has 0 aliphatic rings. The molecule has 3 rings (SSSR count). The lowest BCUT2D eigenvalue weighted by atomic mass is 10.2. The van der Waals surface area contributed by atoms with Gasteiger partial charge in [0.25, 0.3) is 0 Å². The summed E-state index contributed by atoms with van der Waals surface area (Å²) in [5, 5.41) is 0. The highest BCUT2D eigenvalue weighted by Crippen LogP contribution is 2.20. The first kappa shape index (κ1) is 24.7. The van der Waals surface area contributed by atoms with E-state index in [0.29, 0.717) is 22.3 Å². The molecular formula is C24H26N2O5S2. The van der Waals surface area contributed by atoms with Crippen molar-refractivity contribution in [1.82, 2.24) is 4.57 Å². The Kier molecular flexibility index (Phi) is 9.26.